The van der Waals surface area contributed by atoms with E-state index in [0.29, 0.717) is 33.0 Å². The number of primary amides is 2. The normalized spacial score (nSPS) is 11.8. The van der Waals surface area contributed by atoms with Gasteiger partial charge < -0.3 is 45.1 Å². The third-order valence-corrected chi connectivity index (χ3v) is 10.1. The maximum atomic E-state index is 10.9. The summed E-state index contributed by atoms with van der Waals surface area (Å²) in [5.41, 5.74) is 10.0. The molecule has 38 heavy (non-hydrogen) atoms. The van der Waals surface area contributed by atoms with Gasteiger partial charge >= 0.3 is 25.5 Å². The van der Waals surface area contributed by atoms with Crippen molar-refractivity contribution in [3.8, 4) is 0 Å². The minimum absolute atomic E-state index is 0.0682. The molecule has 220 valence electrons. The van der Waals surface area contributed by atoms with Crippen LogP contribution in [0.15, 0.2) is 30.3 Å². The summed E-state index contributed by atoms with van der Waals surface area (Å²) in [6, 6.07) is 8.72. The molecule has 0 aliphatic carbocycles. The number of carboxylic acids is 1. The van der Waals surface area contributed by atoms with Gasteiger partial charge in [-0.1, -0.05) is 30.3 Å². The van der Waals surface area contributed by atoms with Gasteiger partial charge in [0.1, 0.15) is 6.04 Å². The second-order valence-corrected chi connectivity index (χ2v) is 12.9. The molecule has 0 unspecified atom stereocenters. The number of carbonyl (C=O) groups excluding carboxylic acids is 1. The number of hydrogen-bond acceptors (Lipinski definition) is 11. The highest BCUT2D eigenvalue weighted by Crippen LogP contribution is 2.66. The predicted molar refractivity (Wildman–Crippen MR) is 152 cm³/mol. The van der Waals surface area contributed by atoms with Gasteiger partial charge in [0, 0.05) is 13.0 Å². The first-order valence-corrected chi connectivity index (χ1v) is 16.6. The summed E-state index contributed by atoms with van der Waals surface area (Å²) in [6.07, 6.45) is -1.06. The fourth-order valence-corrected chi connectivity index (χ4v) is 8.73. The van der Waals surface area contributed by atoms with E-state index in [4.69, 9.17) is 66.8 Å². The molecular formula is C21H39N3O10P2S2. The van der Waals surface area contributed by atoms with Crippen LogP contribution in [0.3, 0.4) is 0 Å². The summed E-state index contributed by atoms with van der Waals surface area (Å²) in [7, 11) is 0. The SMILES string of the molecule is CCOP(=S)(OCC)OP(=S)(OCC)OCC.NC(=O)CC[C@@H](NCc1ccccc1)C(=O)O.NC(=O)O. The predicted octanol–water partition coefficient (Wildman–Crippen LogP) is 3.72. The molecule has 13 nitrogen and oxygen atoms in total. The van der Waals surface area contributed by atoms with E-state index >= 15 is 0 Å². The Kier molecular flexibility index (Phi) is 22.7. The van der Waals surface area contributed by atoms with Crippen LogP contribution in [0, 0.1) is 0 Å². The van der Waals surface area contributed by atoms with Gasteiger partial charge in [0.25, 0.3) is 0 Å². The Morgan fingerprint density at radius 2 is 1.26 bits per heavy atom. The molecule has 17 heteroatoms. The molecule has 1 rings (SSSR count). The number of nitrogens with two attached hydrogens (primary N) is 2. The van der Waals surface area contributed by atoms with Gasteiger partial charge in [-0.2, -0.15) is 0 Å². The van der Waals surface area contributed by atoms with Crippen molar-refractivity contribution in [2.75, 3.05) is 26.4 Å². The average molecular weight is 620 g/mol. The number of carboxylic acid groups (broad SMARTS) is 2. The van der Waals surface area contributed by atoms with Gasteiger partial charge in [-0.25, -0.2) is 9.11 Å². The molecule has 7 N–H and O–H groups in total. The molecule has 0 saturated carbocycles. The molecule has 0 spiro atoms. The maximum Gasteiger partial charge on any atom is 0.402 e. The van der Waals surface area contributed by atoms with Crippen molar-refractivity contribution in [2.45, 2.75) is 53.1 Å². The van der Waals surface area contributed by atoms with E-state index in [2.05, 4.69) is 11.1 Å². The van der Waals surface area contributed by atoms with Crippen molar-refractivity contribution in [2.24, 2.45) is 11.5 Å². The minimum atomic E-state index is -2.87. The van der Waals surface area contributed by atoms with Gasteiger partial charge in [-0.05, 0) is 63.3 Å². The number of amides is 2. The fraction of sp³-hybridized carbons (Fsp3) is 0.571. The second kappa shape index (κ2) is 22.3. The first kappa shape index (κ1) is 38.6. The van der Waals surface area contributed by atoms with Gasteiger partial charge in [0.05, 0.1) is 26.4 Å². The molecule has 0 heterocycles. The first-order chi connectivity index (χ1) is 17.8. The van der Waals surface area contributed by atoms with E-state index in [1.807, 2.05) is 58.0 Å². The van der Waals surface area contributed by atoms with E-state index in [1.165, 1.54) is 0 Å². The Morgan fingerprint density at radius 3 is 1.58 bits per heavy atom. The van der Waals surface area contributed by atoms with E-state index in [0.717, 1.165) is 5.56 Å². The van der Waals surface area contributed by atoms with Crippen LogP contribution in [0.25, 0.3) is 0 Å². The summed E-state index contributed by atoms with van der Waals surface area (Å²) in [5, 5.41) is 19.0. The van der Waals surface area contributed by atoms with Crippen molar-refractivity contribution < 1.29 is 47.0 Å². The molecule has 0 aliphatic heterocycles. The van der Waals surface area contributed by atoms with Crippen molar-refractivity contribution >= 4 is 55.0 Å². The zero-order valence-electron chi connectivity index (χ0n) is 21.9. The quantitative estimate of drug-likeness (QED) is 0.158. The topological polar surface area (TPSA) is 202 Å². The molecule has 1 atom stereocenters. The second-order valence-electron chi connectivity index (χ2n) is 6.75. The largest absolute Gasteiger partial charge is 0.480 e. The van der Waals surface area contributed by atoms with Crippen LogP contribution < -0.4 is 16.8 Å². The molecule has 0 aromatic heterocycles. The van der Waals surface area contributed by atoms with Crippen molar-refractivity contribution in [3.05, 3.63) is 35.9 Å². The average Bonchev–Trinajstić information content (AvgIpc) is 2.79. The molecule has 1 aromatic rings. The molecule has 0 fully saturated rings. The number of benzene rings is 1. The van der Waals surface area contributed by atoms with Crippen LogP contribution in [0.2, 0.25) is 0 Å². The highest BCUT2D eigenvalue weighted by molar-refractivity contribution is 8.14. The lowest BCUT2D eigenvalue weighted by atomic mass is 10.1. The van der Waals surface area contributed by atoms with Gasteiger partial charge in [0.15, 0.2) is 0 Å². The fourth-order valence-electron chi connectivity index (χ4n) is 2.36. The Hall–Kier alpha value is -1.51. The number of aliphatic carboxylic acids is 1. The molecule has 0 saturated heterocycles. The maximum absolute atomic E-state index is 10.9. The molecule has 0 aliphatic rings. The molecular weight excluding hydrogens is 580 g/mol. The summed E-state index contributed by atoms with van der Waals surface area (Å²) >= 11 is 10.4. The van der Waals surface area contributed by atoms with Crippen molar-refractivity contribution in [3.63, 3.8) is 0 Å². The molecule has 0 bridgehead atoms. The van der Waals surface area contributed by atoms with E-state index < -0.39 is 37.4 Å². The third kappa shape index (κ3) is 21.4. The summed E-state index contributed by atoms with van der Waals surface area (Å²) < 4.78 is 26.9. The van der Waals surface area contributed by atoms with Crippen LogP contribution in [0.5, 0.6) is 0 Å². The number of rotatable bonds is 17. The van der Waals surface area contributed by atoms with Crippen molar-refractivity contribution in [1.29, 1.82) is 0 Å². The van der Waals surface area contributed by atoms with Gasteiger partial charge in [-0.15, -0.1) is 0 Å². The van der Waals surface area contributed by atoms with Crippen LogP contribution >= 0.6 is 13.4 Å². The zero-order chi connectivity index (χ0) is 29.6. The van der Waals surface area contributed by atoms with E-state index in [9.17, 15) is 9.59 Å². The van der Waals surface area contributed by atoms with Gasteiger partial charge in [0.2, 0.25) is 5.91 Å². The highest BCUT2D eigenvalue weighted by Gasteiger charge is 2.32. The van der Waals surface area contributed by atoms with E-state index in [-0.39, 0.29) is 12.8 Å². The minimum Gasteiger partial charge on any atom is -0.480 e. The first-order valence-electron chi connectivity index (χ1n) is 11.5. The Morgan fingerprint density at radius 1 is 0.868 bits per heavy atom. The Labute approximate surface area is 234 Å². The lowest BCUT2D eigenvalue weighted by Crippen LogP contribution is -2.37. The zero-order valence-corrected chi connectivity index (χ0v) is 25.4. The van der Waals surface area contributed by atoms with Crippen LogP contribution in [-0.4, -0.2) is 60.7 Å². The summed E-state index contributed by atoms with van der Waals surface area (Å²) in [5.74, 6) is -1.46. The van der Waals surface area contributed by atoms with Crippen LogP contribution in [0.4, 0.5) is 4.79 Å². The van der Waals surface area contributed by atoms with Crippen LogP contribution in [-0.2, 0) is 62.2 Å². The van der Waals surface area contributed by atoms with Crippen LogP contribution in [0.1, 0.15) is 46.1 Å². The molecule has 1 aromatic carbocycles. The van der Waals surface area contributed by atoms with E-state index in [1.54, 1.807) is 0 Å². The number of carbonyl (C=O) groups is 3. The summed E-state index contributed by atoms with van der Waals surface area (Å²) in [6.45, 7) is 3.54. The smallest absolute Gasteiger partial charge is 0.402 e. The van der Waals surface area contributed by atoms with Gasteiger partial charge in [-0.3, -0.25) is 9.59 Å². The third-order valence-electron chi connectivity index (χ3n) is 3.72. The lowest BCUT2D eigenvalue weighted by molar-refractivity contribution is -0.139. The Bertz CT molecular complexity index is 860. The number of hydrogen-bond donors (Lipinski definition) is 5. The summed E-state index contributed by atoms with van der Waals surface area (Å²) in [4.78, 5) is 30.3. The monoisotopic (exact) mass is 619 g/mol. The molecule has 0 radical (unpaired) electrons. The standard InChI is InChI=1S/C12H16N2O3.C8H20O5P2S2.CH3NO2/c13-11(15)7-6-10(12(16)17)14-8-9-4-2-1-3-5-9;1-5-9-14(16,10-6-2)13-15(17,11-7-3)12-8-4;2-1(3)4/h1-5,10,14H,6-8H2,(H2,13,15)(H,16,17);5-8H2,1-4H3;2H2,(H,3,4)/t10-;;/m1../s1. The molecule has 2 amide bonds. The van der Waals surface area contributed by atoms with Crippen molar-refractivity contribution in [1.82, 2.24) is 5.32 Å². The highest BCUT2D eigenvalue weighted by atomic mass is 32.5. The Balaban J connectivity index is 0. The lowest BCUT2D eigenvalue weighted by Gasteiger charge is -2.27. The number of nitrogens with one attached hydrogen (secondary N) is 1.